The van der Waals surface area contributed by atoms with Crippen LogP contribution in [-0.4, -0.2) is 33.2 Å². The van der Waals surface area contributed by atoms with Crippen LogP contribution in [0.2, 0.25) is 0 Å². The molecular formula is C28H31FFeN4O2+2. The Morgan fingerprint density at radius 3 is 2.22 bits per heavy atom. The van der Waals surface area contributed by atoms with Crippen molar-refractivity contribution >= 4 is 17.4 Å². The van der Waals surface area contributed by atoms with Crippen LogP contribution in [0.25, 0.3) is 0 Å². The second-order valence-corrected chi connectivity index (χ2v) is 8.86. The van der Waals surface area contributed by atoms with Crippen LogP contribution in [0.5, 0.6) is 0 Å². The van der Waals surface area contributed by atoms with Gasteiger partial charge in [-0.3, -0.25) is 14.3 Å². The number of aryl methyl sites for hydroxylation is 1. The third kappa shape index (κ3) is 7.21. The second kappa shape index (κ2) is 13.9. The van der Waals surface area contributed by atoms with E-state index in [1.165, 1.54) is 17.0 Å². The molecule has 1 aromatic heterocycles. The summed E-state index contributed by atoms with van der Waals surface area (Å²) in [6.45, 7) is 1.36. The molecule has 0 spiro atoms. The molecule has 188 valence electrons. The Morgan fingerprint density at radius 2 is 1.56 bits per heavy atom. The fourth-order valence-corrected chi connectivity index (χ4v) is 4.34. The van der Waals surface area contributed by atoms with Crippen LogP contribution in [0.1, 0.15) is 66.9 Å². The number of halogens is 1. The van der Waals surface area contributed by atoms with Gasteiger partial charge in [0.2, 0.25) is 0 Å². The van der Waals surface area contributed by atoms with Gasteiger partial charge in [-0.1, -0.05) is 79.5 Å². The number of carbonyl (C=O) groups is 2. The molecule has 0 N–H and O–H groups in total. The quantitative estimate of drug-likeness (QED) is 0.225. The van der Waals surface area contributed by atoms with Crippen LogP contribution in [0.4, 0.5) is 10.1 Å². The predicted octanol–water partition coefficient (Wildman–Crippen LogP) is 5.70. The number of rotatable bonds is 10. The SMILES string of the molecule is C1=CCC=C1.O=C1C(=O)N(CCCCCCCCn2cc(C3C=CC=C3)nn2)c2ccc(F)cc21.[Fe+2]. The minimum Gasteiger partial charge on any atom is -0.305 e. The van der Waals surface area contributed by atoms with Gasteiger partial charge in [-0.05, 0) is 37.5 Å². The van der Waals surface area contributed by atoms with Gasteiger partial charge in [0.15, 0.2) is 0 Å². The first-order valence-electron chi connectivity index (χ1n) is 12.4. The van der Waals surface area contributed by atoms with Crippen molar-refractivity contribution in [2.45, 2.75) is 57.4 Å². The summed E-state index contributed by atoms with van der Waals surface area (Å²) >= 11 is 0. The second-order valence-electron chi connectivity index (χ2n) is 8.86. The first kappa shape index (κ1) is 27.5. The minimum atomic E-state index is -0.610. The van der Waals surface area contributed by atoms with Crippen molar-refractivity contribution in [1.29, 1.82) is 0 Å². The maximum absolute atomic E-state index is 13.3. The smallest absolute Gasteiger partial charge is 0.305 e. The van der Waals surface area contributed by atoms with E-state index in [1.54, 1.807) is 0 Å². The van der Waals surface area contributed by atoms with Crippen molar-refractivity contribution in [3.8, 4) is 0 Å². The molecule has 0 fully saturated rings. The number of carbonyl (C=O) groups excluding carboxylic acids is 2. The van der Waals surface area contributed by atoms with E-state index in [-0.39, 0.29) is 28.6 Å². The average molecular weight is 530 g/mol. The third-order valence-electron chi connectivity index (χ3n) is 6.25. The van der Waals surface area contributed by atoms with Gasteiger partial charge in [0, 0.05) is 25.2 Å². The van der Waals surface area contributed by atoms with Gasteiger partial charge in [-0.2, -0.15) is 0 Å². The molecule has 1 aromatic carbocycles. The zero-order valence-electron chi connectivity index (χ0n) is 20.2. The van der Waals surface area contributed by atoms with Crippen molar-refractivity contribution in [2.24, 2.45) is 0 Å². The van der Waals surface area contributed by atoms with E-state index in [9.17, 15) is 14.0 Å². The van der Waals surface area contributed by atoms with Gasteiger partial charge in [0.1, 0.15) is 5.82 Å². The van der Waals surface area contributed by atoms with Crippen LogP contribution in [0, 0.1) is 5.82 Å². The largest absolute Gasteiger partial charge is 2.00 e. The van der Waals surface area contributed by atoms with E-state index in [2.05, 4.69) is 46.8 Å². The van der Waals surface area contributed by atoms with E-state index in [0.717, 1.165) is 63.3 Å². The third-order valence-corrected chi connectivity index (χ3v) is 6.25. The Bertz CT molecular complexity index is 1150. The van der Waals surface area contributed by atoms with Crippen LogP contribution >= 0.6 is 0 Å². The van der Waals surface area contributed by atoms with Gasteiger partial charge in [0.05, 0.1) is 16.9 Å². The number of unbranched alkanes of at least 4 members (excludes halogenated alkanes) is 5. The number of aromatic nitrogens is 3. The summed E-state index contributed by atoms with van der Waals surface area (Å²) in [7, 11) is 0. The van der Waals surface area contributed by atoms with E-state index in [4.69, 9.17) is 0 Å². The first-order valence-corrected chi connectivity index (χ1v) is 12.4. The zero-order valence-corrected chi connectivity index (χ0v) is 21.3. The molecule has 0 saturated carbocycles. The predicted molar refractivity (Wildman–Crippen MR) is 135 cm³/mol. The summed E-state index contributed by atoms with van der Waals surface area (Å²) in [4.78, 5) is 25.6. The number of allylic oxidation sites excluding steroid dienone is 8. The number of nitrogens with zero attached hydrogens (tertiary/aromatic N) is 4. The molecule has 2 aliphatic carbocycles. The Labute approximate surface area is 222 Å². The molecule has 1 amide bonds. The minimum absolute atomic E-state index is 0. The Kier molecular flexibility index (Phi) is 10.6. The van der Waals surface area contributed by atoms with E-state index < -0.39 is 17.5 Å². The number of hydrogen-bond acceptors (Lipinski definition) is 4. The Balaban J connectivity index is 0.000000538. The molecule has 6 nitrogen and oxygen atoms in total. The maximum Gasteiger partial charge on any atom is 2.00 e. The topological polar surface area (TPSA) is 68.1 Å². The Hall–Kier alpha value is -3.09. The van der Waals surface area contributed by atoms with Gasteiger partial charge < -0.3 is 4.90 Å². The van der Waals surface area contributed by atoms with Gasteiger partial charge in [0.25, 0.3) is 11.7 Å². The summed E-state index contributed by atoms with van der Waals surface area (Å²) in [6.07, 6.45) is 26.0. The van der Waals surface area contributed by atoms with Crippen LogP contribution in [-0.2, 0) is 28.4 Å². The molecule has 3 aliphatic rings. The number of Topliss-reactive ketones (excluding diaryl/α,β-unsaturated/α-hetero) is 1. The summed E-state index contributed by atoms with van der Waals surface area (Å²) < 4.78 is 15.2. The number of fused-ring (bicyclic) bond motifs is 1. The fourth-order valence-electron chi connectivity index (χ4n) is 4.34. The van der Waals surface area contributed by atoms with Gasteiger partial charge in [-0.25, -0.2) is 4.39 Å². The number of benzene rings is 1. The molecule has 0 bridgehead atoms. The standard InChI is InChI=1S/C23H25FN4O2.C5H6.Fe/c24-18-11-12-21-19(15-18)22(29)23(30)28(21)14-8-4-2-1-3-7-13-27-16-20(25-26-27)17-9-5-6-10-17;1-2-4-5-3-1;/h5-6,9-12,15-17H,1-4,7-8,13-14H2;1-4H,5H2;/q;;+2. The van der Waals surface area contributed by atoms with Crippen molar-refractivity contribution in [1.82, 2.24) is 15.0 Å². The molecule has 0 unspecified atom stereocenters. The van der Waals surface area contributed by atoms with Crippen molar-refractivity contribution in [2.75, 3.05) is 11.4 Å². The molecule has 2 heterocycles. The first-order chi connectivity index (χ1) is 17.1. The normalized spacial score (nSPS) is 15.4. The number of anilines is 1. The molecular weight excluding hydrogens is 499 g/mol. The number of ketones is 1. The molecule has 1 aliphatic heterocycles. The molecule has 2 aromatic rings. The average Bonchev–Trinajstić information content (AvgIpc) is 3.67. The number of amides is 1. The molecule has 8 heteroatoms. The van der Waals surface area contributed by atoms with E-state index in [1.807, 2.05) is 23.0 Å². The van der Waals surface area contributed by atoms with E-state index in [0.29, 0.717) is 12.2 Å². The van der Waals surface area contributed by atoms with Crippen molar-refractivity contribution < 1.29 is 31.0 Å². The summed E-state index contributed by atoms with van der Waals surface area (Å²) in [6, 6.07) is 3.95. The summed E-state index contributed by atoms with van der Waals surface area (Å²) in [5.74, 6) is -1.40. The molecule has 36 heavy (non-hydrogen) atoms. The van der Waals surface area contributed by atoms with Gasteiger partial charge in [-0.15, -0.1) is 5.10 Å². The van der Waals surface area contributed by atoms with Crippen LogP contribution in [0.3, 0.4) is 0 Å². The van der Waals surface area contributed by atoms with Crippen molar-refractivity contribution in [3.05, 3.63) is 90.1 Å². The molecule has 0 saturated heterocycles. The van der Waals surface area contributed by atoms with Gasteiger partial charge >= 0.3 is 17.1 Å². The maximum atomic E-state index is 13.3. The Morgan fingerprint density at radius 1 is 0.889 bits per heavy atom. The zero-order chi connectivity index (χ0) is 24.5. The number of hydrogen-bond donors (Lipinski definition) is 0. The van der Waals surface area contributed by atoms with Crippen LogP contribution < -0.4 is 4.90 Å². The van der Waals surface area contributed by atoms with E-state index >= 15 is 0 Å². The monoisotopic (exact) mass is 530 g/mol. The summed E-state index contributed by atoms with van der Waals surface area (Å²) in [5, 5.41) is 8.44. The molecule has 5 rings (SSSR count). The molecule has 0 atom stereocenters. The van der Waals surface area contributed by atoms with Crippen molar-refractivity contribution in [3.63, 3.8) is 0 Å². The fraction of sp³-hybridized carbons (Fsp3) is 0.357. The molecule has 0 radical (unpaired) electrons. The summed E-state index contributed by atoms with van der Waals surface area (Å²) in [5.41, 5.74) is 1.69. The van der Waals surface area contributed by atoms with Crippen LogP contribution in [0.15, 0.2) is 73.0 Å².